The number of hydrazone groups is 1. The molecule has 1 heterocycles. The van der Waals surface area contributed by atoms with Gasteiger partial charge in [0.25, 0.3) is 5.91 Å². The van der Waals surface area contributed by atoms with Gasteiger partial charge in [-0.15, -0.1) is 0 Å². The Bertz CT molecular complexity index is 774. The monoisotopic (exact) mass is 330 g/mol. The molecule has 0 spiro atoms. The van der Waals surface area contributed by atoms with E-state index in [0.29, 0.717) is 40.9 Å². The quantitative estimate of drug-likeness (QED) is 0.694. The minimum atomic E-state index is -0.261. The lowest BCUT2D eigenvalue weighted by atomic mass is 10.1. The van der Waals surface area contributed by atoms with E-state index in [4.69, 9.17) is 21.1 Å². The van der Waals surface area contributed by atoms with Crippen molar-refractivity contribution in [3.05, 3.63) is 58.1 Å². The molecule has 0 saturated carbocycles. The topological polar surface area (TPSA) is 59.9 Å². The number of aryl methyl sites for hydroxylation is 1. The van der Waals surface area contributed by atoms with E-state index in [1.54, 1.807) is 18.2 Å². The van der Waals surface area contributed by atoms with E-state index < -0.39 is 0 Å². The van der Waals surface area contributed by atoms with E-state index in [9.17, 15) is 4.79 Å². The van der Waals surface area contributed by atoms with Crippen molar-refractivity contribution in [1.82, 2.24) is 5.43 Å². The molecule has 1 aliphatic heterocycles. The Morgan fingerprint density at radius 2 is 2.04 bits per heavy atom. The Labute approximate surface area is 138 Å². The summed E-state index contributed by atoms with van der Waals surface area (Å²) < 4.78 is 11.0. The van der Waals surface area contributed by atoms with Gasteiger partial charge in [0.2, 0.25) is 0 Å². The van der Waals surface area contributed by atoms with Gasteiger partial charge in [-0.3, -0.25) is 4.79 Å². The molecule has 3 rings (SSSR count). The molecule has 118 valence electrons. The molecular formula is C17H15ClN2O3. The fraction of sp³-hybridized carbons (Fsp3) is 0.176. The van der Waals surface area contributed by atoms with Crippen LogP contribution in [0.15, 0.2) is 41.5 Å². The third kappa shape index (κ3) is 3.46. The van der Waals surface area contributed by atoms with Gasteiger partial charge < -0.3 is 9.47 Å². The van der Waals surface area contributed by atoms with Gasteiger partial charge in [0.15, 0.2) is 11.5 Å². The molecule has 23 heavy (non-hydrogen) atoms. The molecule has 5 nitrogen and oxygen atoms in total. The highest BCUT2D eigenvalue weighted by Crippen LogP contribution is 2.37. The number of hydrogen-bond donors (Lipinski definition) is 1. The molecule has 0 atom stereocenters. The zero-order valence-electron chi connectivity index (χ0n) is 12.5. The zero-order chi connectivity index (χ0) is 16.2. The van der Waals surface area contributed by atoms with Crippen LogP contribution in [0, 0.1) is 6.92 Å². The minimum absolute atomic E-state index is 0.261. The molecule has 2 aromatic carbocycles. The van der Waals surface area contributed by atoms with Crippen molar-refractivity contribution >= 4 is 23.7 Å². The van der Waals surface area contributed by atoms with Crippen LogP contribution in [0.4, 0.5) is 0 Å². The molecule has 0 saturated heterocycles. The standard InChI is InChI=1S/C17H15ClN2O3/c1-11-4-2-3-5-13(11)17(21)20-19-10-12-8-14(18)16-15(9-12)22-6-7-23-16/h2-5,8-10H,6-7H2,1H3,(H,20,21)/b19-10-. The van der Waals surface area contributed by atoms with Crippen molar-refractivity contribution < 1.29 is 14.3 Å². The smallest absolute Gasteiger partial charge is 0.271 e. The zero-order valence-corrected chi connectivity index (χ0v) is 13.3. The Morgan fingerprint density at radius 1 is 1.26 bits per heavy atom. The van der Waals surface area contributed by atoms with Crippen LogP contribution in [-0.2, 0) is 0 Å². The van der Waals surface area contributed by atoms with E-state index >= 15 is 0 Å². The number of halogens is 1. The first kappa shape index (κ1) is 15.4. The van der Waals surface area contributed by atoms with Crippen LogP contribution in [0.3, 0.4) is 0 Å². The average molecular weight is 331 g/mol. The van der Waals surface area contributed by atoms with Gasteiger partial charge in [0.1, 0.15) is 13.2 Å². The lowest BCUT2D eigenvalue weighted by Crippen LogP contribution is -2.18. The van der Waals surface area contributed by atoms with E-state index in [1.807, 2.05) is 25.1 Å². The number of nitrogens with zero attached hydrogens (tertiary/aromatic N) is 1. The summed E-state index contributed by atoms with van der Waals surface area (Å²) in [6.45, 7) is 2.83. The molecule has 2 aromatic rings. The van der Waals surface area contributed by atoms with Crippen LogP contribution in [0.25, 0.3) is 0 Å². The average Bonchev–Trinajstić information content (AvgIpc) is 2.55. The summed E-state index contributed by atoms with van der Waals surface area (Å²) in [5.41, 5.74) is 4.69. The summed E-state index contributed by atoms with van der Waals surface area (Å²) in [7, 11) is 0. The van der Waals surface area contributed by atoms with Crippen molar-refractivity contribution in [1.29, 1.82) is 0 Å². The largest absolute Gasteiger partial charge is 0.486 e. The van der Waals surface area contributed by atoms with Gasteiger partial charge in [-0.2, -0.15) is 5.10 Å². The number of hydrogen-bond acceptors (Lipinski definition) is 4. The maximum atomic E-state index is 12.1. The van der Waals surface area contributed by atoms with Crippen molar-refractivity contribution in [3.8, 4) is 11.5 Å². The summed E-state index contributed by atoms with van der Waals surface area (Å²) in [5, 5.41) is 4.42. The van der Waals surface area contributed by atoms with Crippen molar-refractivity contribution in [2.45, 2.75) is 6.92 Å². The highest BCUT2D eigenvalue weighted by molar-refractivity contribution is 6.32. The van der Waals surface area contributed by atoms with Crippen molar-refractivity contribution in [2.75, 3.05) is 13.2 Å². The number of carbonyl (C=O) groups is 1. The molecule has 1 N–H and O–H groups in total. The molecule has 6 heteroatoms. The Kier molecular flexibility index (Phi) is 4.48. The third-order valence-corrected chi connectivity index (χ3v) is 3.67. The molecular weight excluding hydrogens is 316 g/mol. The lowest BCUT2D eigenvalue weighted by molar-refractivity contribution is 0.0954. The number of amides is 1. The lowest BCUT2D eigenvalue weighted by Gasteiger charge is -2.19. The summed E-state index contributed by atoms with van der Waals surface area (Å²) in [6, 6.07) is 10.8. The second-order valence-electron chi connectivity index (χ2n) is 5.04. The molecule has 0 unspecified atom stereocenters. The van der Waals surface area contributed by atoms with Crippen LogP contribution in [-0.4, -0.2) is 25.3 Å². The molecule has 1 aliphatic rings. The maximum Gasteiger partial charge on any atom is 0.271 e. The predicted octanol–water partition coefficient (Wildman–Crippen LogP) is 3.18. The number of rotatable bonds is 3. The fourth-order valence-corrected chi connectivity index (χ4v) is 2.53. The van der Waals surface area contributed by atoms with Gasteiger partial charge in [0, 0.05) is 5.56 Å². The van der Waals surface area contributed by atoms with Gasteiger partial charge >= 0.3 is 0 Å². The molecule has 0 aliphatic carbocycles. The Hall–Kier alpha value is -2.53. The molecule has 0 radical (unpaired) electrons. The highest BCUT2D eigenvalue weighted by Gasteiger charge is 2.16. The van der Waals surface area contributed by atoms with Crippen LogP contribution in [0.5, 0.6) is 11.5 Å². The Morgan fingerprint density at radius 3 is 2.87 bits per heavy atom. The second kappa shape index (κ2) is 6.71. The molecule has 1 amide bonds. The summed E-state index contributed by atoms with van der Waals surface area (Å²) >= 11 is 6.15. The predicted molar refractivity (Wildman–Crippen MR) is 88.7 cm³/mol. The first-order chi connectivity index (χ1) is 11.1. The van der Waals surface area contributed by atoms with E-state index in [-0.39, 0.29) is 5.91 Å². The molecule has 0 aromatic heterocycles. The molecule has 0 fully saturated rings. The van der Waals surface area contributed by atoms with Crippen LogP contribution < -0.4 is 14.9 Å². The summed E-state index contributed by atoms with van der Waals surface area (Å²) in [4.78, 5) is 12.1. The van der Waals surface area contributed by atoms with E-state index in [1.165, 1.54) is 6.21 Å². The van der Waals surface area contributed by atoms with E-state index in [0.717, 1.165) is 5.56 Å². The third-order valence-electron chi connectivity index (χ3n) is 3.39. The first-order valence-corrected chi connectivity index (χ1v) is 7.51. The Balaban J connectivity index is 1.72. The number of ether oxygens (including phenoxy) is 2. The fourth-order valence-electron chi connectivity index (χ4n) is 2.26. The number of benzene rings is 2. The highest BCUT2D eigenvalue weighted by atomic mass is 35.5. The number of fused-ring (bicyclic) bond motifs is 1. The van der Waals surface area contributed by atoms with Gasteiger partial charge in [0.05, 0.1) is 11.2 Å². The van der Waals surface area contributed by atoms with Gasteiger partial charge in [-0.05, 0) is 36.2 Å². The number of nitrogens with one attached hydrogen (secondary N) is 1. The van der Waals surface area contributed by atoms with Crippen LogP contribution in [0.1, 0.15) is 21.5 Å². The van der Waals surface area contributed by atoms with Crippen molar-refractivity contribution in [2.24, 2.45) is 5.10 Å². The molecule has 0 bridgehead atoms. The number of carbonyl (C=O) groups excluding carboxylic acids is 1. The first-order valence-electron chi connectivity index (χ1n) is 7.13. The van der Waals surface area contributed by atoms with E-state index in [2.05, 4.69) is 10.5 Å². The second-order valence-corrected chi connectivity index (χ2v) is 5.45. The summed E-state index contributed by atoms with van der Waals surface area (Å²) in [6.07, 6.45) is 1.51. The van der Waals surface area contributed by atoms with Gasteiger partial charge in [-0.1, -0.05) is 29.8 Å². The van der Waals surface area contributed by atoms with Crippen molar-refractivity contribution in [3.63, 3.8) is 0 Å². The van der Waals surface area contributed by atoms with Crippen LogP contribution >= 0.6 is 11.6 Å². The minimum Gasteiger partial charge on any atom is -0.486 e. The SMILES string of the molecule is Cc1ccccc1C(=O)N/N=C\c1cc(Cl)c2c(c1)OCCO2. The van der Waals surface area contributed by atoms with Crippen LogP contribution in [0.2, 0.25) is 5.02 Å². The normalized spacial score (nSPS) is 13.1. The summed E-state index contributed by atoms with van der Waals surface area (Å²) in [5.74, 6) is 0.859. The van der Waals surface area contributed by atoms with Gasteiger partial charge in [-0.25, -0.2) is 5.43 Å². The maximum absolute atomic E-state index is 12.1.